The molecule has 1 aromatic carbocycles. The number of benzene rings is 1. The van der Waals surface area contributed by atoms with Crippen molar-refractivity contribution in [3.05, 3.63) is 35.9 Å². The second-order valence-corrected chi connectivity index (χ2v) is 6.05. The summed E-state index contributed by atoms with van der Waals surface area (Å²) in [6, 6.07) is 10.2. The van der Waals surface area contributed by atoms with E-state index in [9.17, 15) is 4.79 Å². The van der Waals surface area contributed by atoms with Gasteiger partial charge in [0, 0.05) is 25.7 Å². The number of ether oxygens (including phenoxy) is 2. The van der Waals surface area contributed by atoms with Crippen molar-refractivity contribution < 1.29 is 14.3 Å². The third-order valence-corrected chi connectivity index (χ3v) is 4.53. The Morgan fingerprint density at radius 3 is 2.67 bits per heavy atom. The first-order valence-corrected chi connectivity index (χ1v) is 7.81. The van der Waals surface area contributed by atoms with Gasteiger partial charge < -0.3 is 14.8 Å². The highest BCUT2D eigenvalue weighted by Gasteiger charge is 2.33. The van der Waals surface area contributed by atoms with Gasteiger partial charge in [-0.15, -0.1) is 0 Å². The maximum Gasteiger partial charge on any atom is 0.249 e. The minimum atomic E-state index is -0.275. The van der Waals surface area contributed by atoms with E-state index in [0.29, 0.717) is 25.0 Å². The molecular weight excluding hydrogens is 266 g/mol. The lowest BCUT2D eigenvalue weighted by Gasteiger charge is -2.21. The van der Waals surface area contributed by atoms with Gasteiger partial charge in [0.25, 0.3) is 0 Å². The molecule has 2 heterocycles. The molecule has 4 nitrogen and oxygen atoms in total. The van der Waals surface area contributed by atoms with E-state index in [1.807, 2.05) is 18.2 Å². The number of rotatable bonds is 4. The Balaban J connectivity index is 1.56. The summed E-state index contributed by atoms with van der Waals surface area (Å²) in [6.07, 6.45) is 1.77. The summed E-state index contributed by atoms with van der Waals surface area (Å²) in [5.41, 5.74) is 1.19. The normalized spacial score (nSPS) is 32.2. The van der Waals surface area contributed by atoms with E-state index in [1.165, 1.54) is 5.56 Å². The average molecular weight is 289 g/mol. The van der Waals surface area contributed by atoms with Crippen LogP contribution in [0.5, 0.6) is 0 Å². The van der Waals surface area contributed by atoms with E-state index < -0.39 is 0 Å². The predicted molar refractivity (Wildman–Crippen MR) is 79.8 cm³/mol. The topological polar surface area (TPSA) is 47.6 Å². The first kappa shape index (κ1) is 14.5. The molecule has 0 bridgehead atoms. The Hall–Kier alpha value is -1.39. The summed E-state index contributed by atoms with van der Waals surface area (Å²) in [5.74, 6) is 0.682. The van der Waals surface area contributed by atoms with Crippen molar-refractivity contribution in [1.82, 2.24) is 5.32 Å². The number of carbonyl (C=O) groups excluding carboxylic acids is 1. The molecule has 3 rings (SSSR count). The van der Waals surface area contributed by atoms with Crippen LogP contribution >= 0.6 is 0 Å². The van der Waals surface area contributed by atoms with Crippen LogP contribution in [0.25, 0.3) is 0 Å². The molecule has 2 saturated heterocycles. The summed E-state index contributed by atoms with van der Waals surface area (Å²) < 4.78 is 11.4. The maximum atomic E-state index is 12.2. The summed E-state index contributed by atoms with van der Waals surface area (Å²) in [5, 5.41) is 3.05. The average Bonchev–Trinajstić information content (AvgIpc) is 3.14. The Bertz CT molecular complexity index is 476. The van der Waals surface area contributed by atoms with Crippen LogP contribution in [0.3, 0.4) is 0 Å². The van der Waals surface area contributed by atoms with Gasteiger partial charge in [0.15, 0.2) is 0 Å². The van der Waals surface area contributed by atoms with E-state index in [2.05, 4.69) is 24.4 Å². The van der Waals surface area contributed by atoms with Gasteiger partial charge in [0.1, 0.15) is 6.10 Å². The van der Waals surface area contributed by atoms with Crippen LogP contribution in [0, 0.1) is 11.8 Å². The van der Waals surface area contributed by atoms with Crippen molar-refractivity contribution in [3.8, 4) is 0 Å². The van der Waals surface area contributed by atoms with Gasteiger partial charge in [-0.05, 0) is 24.3 Å². The van der Waals surface area contributed by atoms with Crippen molar-refractivity contribution in [1.29, 1.82) is 0 Å². The zero-order valence-corrected chi connectivity index (χ0v) is 12.5. The van der Waals surface area contributed by atoms with Crippen LogP contribution < -0.4 is 5.32 Å². The van der Waals surface area contributed by atoms with Crippen molar-refractivity contribution in [2.75, 3.05) is 19.8 Å². The summed E-state index contributed by atoms with van der Waals surface area (Å²) in [7, 11) is 0. The van der Waals surface area contributed by atoms with Gasteiger partial charge in [-0.2, -0.15) is 0 Å². The van der Waals surface area contributed by atoms with Crippen molar-refractivity contribution >= 4 is 5.91 Å². The summed E-state index contributed by atoms with van der Waals surface area (Å²) >= 11 is 0. The maximum absolute atomic E-state index is 12.2. The smallest absolute Gasteiger partial charge is 0.249 e. The first-order chi connectivity index (χ1) is 10.3. The molecule has 1 N–H and O–H groups in total. The standard InChI is InChI=1S/C17H23NO3/c1-12-7-9-20-15(12)17(19)18-11-14-8-10-21-16(14)13-5-3-2-4-6-13/h2-6,12,14-16H,7-11H2,1H3,(H,18,19)/t12-,14+,15+,16+/m0/s1. The lowest BCUT2D eigenvalue weighted by Crippen LogP contribution is -2.40. The molecule has 0 aliphatic carbocycles. The molecule has 2 fully saturated rings. The molecule has 0 radical (unpaired) electrons. The van der Waals surface area contributed by atoms with E-state index in [1.54, 1.807) is 0 Å². The van der Waals surface area contributed by atoms with Crippen LogP contribution in [-0.4, -0.2) is 31.8 Å². The molecule has 0 aromatic heterocycles. The molecule has 0 spiro atoms. The second kappa shape index (κ2) is 6.58. The fourth-order valence-electron chi connectivity index (χ4n) is 3.22. The van der Waals surface area contributed by atoms with Crippen molar-refractivity contribution in [2.24, 2.45) is 11.8 Å². The van der Waals surface area contributed by atoms with E-state index in [4.69, 9.17) is 9.47 Å². The zero-order chi connectivity index (χ0) is 14.7. The van der Waals surface area contributed by atoms with Gasteiger partial charge in [-0.25, -0.2) is 0 Å². The molecular formula is C17H23NO3. The van der Waals surface area contributed by atoms with Crippen LogP contribution in [0.1, 0.15) is 31.4 Å². The third kappa shape index (κ3) is 3.27. The largest absolute Gasteiger partial charge is 0.373 e. The molecule has 1 amide bonds. The number of hydrogen-bond acceptors (Lipinski definition) is 3. The molecule has 21 heavy (non-hydrogen) atoms. The van der Waals surface area contributed by atoms with E-state index in [-0.39, 0.29) is 18.1 Å². The summed E-state index contributed by atoms with van der Waals surface area (Å²) in [4.78, 5) is 12.2. The minimum Gasteiger partial charge on any atom is -0.373 e. The third-order valence-electron chi connectivity index (χ3n) is 4.53. The molecule has 0 unspecified atom stereocenters. The molecule has 2 aliphatic heterocycles. The van der Waals surface area contributed by atoms with Crippen molar-refractivity contribution in [3.63, 3.8) is 0 Å². The number of amides is 1. The molecule has 4 heteroatoms. The number of carbonyl (C=O) groups is 1. The van der Waals surface area contributed by atoms with Gasteiger partial charge in [0.2, 0.25) is 5.91 Å². The van der Waals surface area contributed by atoms with E-state index >= 15 is 0 Å². The Kier molecular flexibility index (Phi) is 4.56. The monoisotopic (exact) mass is 289 g/mol. The SMILES string of the molecule is C[C@H]1CCO[C@H]1C(=O)NC[C@H]1CCO[C@@H]1c1ccccc1. The van der Waals surface area contributed by atoms with Gasteiger partial charge in [-0.3, -0.25) is 4.79 Å². The molecule has 114 valence electrons. The van der Waals surface area contributed by atoms with Gasteiger partial charge in [-0.1, -0.05) is 37.3 Å². The highest BCUT2D eigenvalue weighted by Crippen LogP contribution is 2.34. The molecule has 4 atom stereocenters. The van der Waals surface area contributed by atoms with E-state index in [0.717, 1.165) is 19.4 Å². The van der Waals surface area contributed by atoms with Crippen LogP contribution in [0.4, 0.5) is 0 Å². The highest BCUT2D eigenvalue weighted by molar-refractivity contribution is 5.81. The highest BCUT2D eigenvalue weighted by atomic mass is 16.5. The van der Waals surface area contributed by atoms with Crippen LogP contribution in [0.15, 0.2) is 30.3 Å². The van der Waals surface area contributed by atoms with Crippen LogP contribution in [0.2, 0.25) is 0 Å². The quantitative estimate of drug-likeness (QED) is 0.925. The van der Waals surface area contributed by atoms with Gasteiger partial charge in [0.05, 0.1) is 6.10 Å². The predicted octanol–water partition coefficient (Wildman–Crippen LogP) is 2.31. The molecule has 0 saturated carbocycles. The first-order valence-electron chi connectivity index (χ1n) is 7.81. The Morgan fingerprint density at radius 2 is 1.95 bits per heavy atom. The second-order valence-electron chi connectivity index (χ2n) is 6.05. The lowest BCUT2D eigenvalue weighted by molar-refractivity contribution is -0.131. The summed E-state index contributed by atoms with van der Waals surface area (Å²) in [6.45, 7) is 4.18. The Morgan fingerprint density at radius 1 is 1.19 bits per heavy atom. The van der Waals surface area contributed by atoms with Crippen LogP contribution in [-0.2, 0) is 14.3 Å². The van der Waals surface area contributed by atoms with Gasteiger partial charge >= 0.3 is 0 Å². The Labute approximate surface area is 125 Å². The number of nitrogens with one attached hydrogen (secondary N) is 1. The fraction of sp³-hybridized carbons (Fsp3) is 0.588. The lowest BCUT2D eigenvalue weighted by atomic mass is 9.95. The zero-order valence-electron chi connectivity index (χ0n) is 12.5. The molecule has 1 aromatic rings. The molecule has 2 aliphatic rings. The fourth-order valence-corrected chi connectivity index (χ4v) is 3.22. The minimum absolute atomic E-state index is 0.0266. The van der Waals surface area contributed by atoms with Crippen molar-refractivity contribution in [2.45, 2.75) is 32.0 Å². The number of hydrogen-bond donors (Lipinski definition) is 1.